The lowest BCUT2D eigenvalue weighted by Crippen LogP contribution is -2.59. The molecule has 1 saturated heterocycles. The number of primary amides is 1. The third-order valence-electron chi connectivity index (χ3n) is 5.80. The number of carbonyl (C=O) groups is 1. The first-order valence-electron chi connectivity index (χ1n) is 10.7. The van der Waals surface area contributed by atoms with Crippen LogP contribution in [0.1, 0.15) is 24.5 Å². The second-order valence-electron chi connectivity index (χ2n) is 8.28. The molecule has 1 fully saturated rings. The SMILES string of the molecule is CCN(Cc1ccc(C)cc1)c1ncnc(NCC2(O)CCN(CC(N)=O)CC2O)c1F. The number of nitrogens with zero attached hydrogens (tertiary/aromatic N) is 4. The second-order valence-corrected chi connectivity index (χ2v) is 8.28. The van der Waals surface area contributed by atoms with E-state index in [0.29, 0.717) is 19.6 Å². The van der Waals surface area contributed by atoms with Crippen molar-refractivity contribution in [3.63, 3.8) is 0 Å². The number of rotatable bonds is 9. The fourth-order valence-corrected chi connectivity index (χ4v) is 3.79. The van der Waals surface area contributed by atoms with E-state index in [9.17, 15) is 15.0 Å². The topological polar surface area (TPSA) is 128 Å². The second kappa shape index (κ2) is 10.2. The Kier molecular flexibility index (Phi) is 7.60. The summed E-state index contributed by atoms with van der Waals surface area (Å²) in [7, 11) is 0. The van der Waals surface area contributed by atoms with Crippen molar-refractivity contribution in [2.24, 2.45) is 5.73 Å². The van der Waals surface area contributed by atoms with E-state index < -0.39 is 23.4 Å². The first-order valence-corrected chi connectivity index (χ1v) is 10.7. The Morgan fingerprint density at radius 3 is 2.72 bits per heavy atom. The van der Waals surface area contributed by atoms with Crippen molar-refractivity contribution >= 4 is 17.5 Å². The van der Waals surface area contributed by atoms with E-state index in [0.717, 1.165) is 11.1 Å². The number of halogens is 1. The molecule has 0 bridgehead atoms. The summed E-state index contributed by atoms with van der Waals surface area (Å²) in [5.41, 5.74) is 5.89. The number of hydrogen-bond acceptors (Lipinski definition) is 8. The summed E-state index contributed by atoms with van der Waals surface area (Å²) in [4.78, 5) is 22.7. The summed E-state index contributed by atoms with van der Waals surface area (Å²) >= 11 is 0. The van der Waals surface area contributed by atoms with Crippen LogP contribution in [0.4, 0.5) is 16.0 Å². The fourth-order valence-electron chi connectivity index (χ4n) is 3.79. The van der Waals surface area contributed by atoms with Gasteiger partial charge >= 0.3 is 0 Å². The lowest BCUT2D eigenvalue weighted by molar-refractivity contribution is -0.127. The third-order valence-corrected chi connectivity index (χ3v) is 5.80. The minimum atomic E-state index is -1.49. The summed E-state index contributed by atoms with van der Waals surface area (Å²) in [5, 5.41) is 24.1. The molecule has 1 aromatic heterocycles. The Bertz CT molecular complexity index is 928. The molecule has 0 saturated carbocycles. The molecule has 2 heterocycles. The zero-order valence-corrected chi connectivity index (χ0v) is 18.5. The number of nitrogens with one attached hydrogen (secondary N) is 1. The normalized spacial score (nSPS) is 21.3. The Balaban J connectivity index is 1.68. The summed E-state index contributed by atoms with van der Waals surface area (Å²) in [6, 6.07) is 8.01. The van der Waals surface area contributed by atoms with Crippen molar-refractivity contribution in [1.82, 2.24) is 14.9 Å². The number of amides is 1. The maximum atomic E-state index is 15.2. The van der Waals surface area contributed by atoms with Gasteiger partial charge in [-0.25, -0.2) is 9.97 Å². The molecule has 0 aliphatic carbocycles. The Morgan fingerprint density at radius 1 is 1.38 bits per heavy atom. The van der Waals surface area contributed by atoms with Gasteiger partial charge in [0.1, 0.15) is 11.9 Å². The van der Waals surface area contributed by atoms with Crippen molar-refractivity contribution in [3.8, 4) is 0 Å². The van der Waals surface area contributed by atoms with Gasteiger partial charge in [0, 0.05) is 32.7 Å². The molecule has 0 spiro atoms. The Labute approximate surface area is 187 Å². The van der Waals surface area contributed by atoms with Crippen molar-refractivity contribution in [2.45, 2.75) is 38.5 Å². The van der Waals surface area contributed by atoms with Crippen LogP contribution < -0.4 is 16.0 Å². The van der Waals surface area contributed by atoms with Crippen molar-refractivity contribution in [2.75, 3.05) is 42.9 Å². The Morgan fingerprint density at radius 2 is 2.09 bits per heavy atom. The molecule has 174 valence electrons. The van der Waals surface area contributed by atoms with Gasteiger partial charge in [-0.2, -0.15) is 4.39 Å². The number of aliphatic hydroxyl groups is 2. The van der Waals surface area contributed by atoms with E-state index in [1.165, 1.54) is 6.33 Å². The standard InChI is InChI=1S/C22H31FN6O3/c1-3-29(10-16-6-4-15(2)5-7-16)21-19(23)20(26-14-27-21)25-13-22(32)8-9-28(11-17(22)30)12-18(24)31/h4-7,14,17,30,32H,3,8-13H2,1-2H3,(H2,24,31)(H,25,26,27). The van der Waals surface area contributed by atoms with Crippen LogP contribution in [0.5, 0.6) is 0 Å². The van der Waals surface area contributed by atoms with Crippen LogP contribution in [0.15, 0.2) is 30.6 Å². The number of hydrogen-bond donors (Lipinski definition) is 4. The minimum Gasteiger partial charge on any atom is -0.389 e. The van der Waals surface area contributed by atoms with Crippen LogP contribution >= 0.6 is 0 Å². The van der Waals surface area contributed by atoms with Crippen LogP contribution in [0.2, 0.25) is 0 Å². The minimum absolute atomic E-state index is 0.0122. The highest BCUT2D eigenvalue weighted by Crippen LogP contribution is 2.26. The number of piperidine rings is 1. The van der Waals surface area contributed by atoms with Crippen LogP contribution in [-0.2, 0) is 11.3 Å². The number of benzene rings is 1. The summed E-state index contributed by atoms with van der Waals surface area (Å²) in [6.07, 6.45) is 0.345. The highest BCUT2D eigenvalue weighted by atomic mass is 19.1. The molecule has 2 unspecified atom stereocenters. The van der Waals surface area contributed by atoms with Gasteiger partial charge in [0.15, 0.2) is 11.6 Å². The van der Waals surface area contributed by atoms with Crippen molar-refractivity contribution in [1.29, 1.82) is 0 Å². The maximum absolute atomic E-state index is 15.2. The monoisotopic (exact) mass is 446 g/mol. The number of likely N-dealkylation sites (tertiary alicyclic amines) is 1. The molecule has 2 aromatic rings. The van der Waals surface area contributed by atoms with Crippen molar-refractivity contribution in [3.05, 3.63) is 47.5 Å². The quantitative estimate of drug-likeness (QED) is 0.442. The smallest absolute Gasteiger partial charge is 0.231 e. The van der Waals surface area contributed by atoms with E-state index in [-0.39, 0.29) is 37.7 Å². The van der Waals surface area contributed by atoms with E-state index in [1.807, 2.05) is 38.1 Å². The molecule has 1 aliphatic heterocycles. The molecule has 3 rings (SSSR count). The zero-order chi connectivity index (χ0) is 23.3. The average Bonchev–Trinajstić information content (AvgIpc) is 2.75. The van der Waals surface area contributed by atoms with E-state index in [1.54, 1.807) is 9.80 Å². The van der Waals surface area contributed by atoms with Gasteiger partial charge in [0.2, 0.25) is 11.7 Å². The molecular weight excluding hydrogens is 415 g/mol. The van der Waals surface area contributed by atoms with Crippen LogP contribution in [0.25, 0.3) is 0 Å². The van der Waals surface area contributed by atoms with E-state index in [4.69, 9.17) is 5.73 Å². The lowest BCUT2D eigenvalue weighted by atomic mass is 9.88. The summed E-state index contributed by atoms with van der Waals surface area (Å²) in [6.45, 7) is 5.35. The lowest BCUT2D eigenvalue weighted by Gasteiger charge is -2.41. The molecule has 1 amide bonds. The van der Waals surface area contributed by atoms with Gasteiger partial charge in [0.25, 0.3) is 0 Å². The number of aliphatic hydroxyl groups excluding tert-OH is 1. The first-order chi connectivity index (χ1) is 15.2. The summed E-state index contributed by atoms with van der Waals surface area (Å²) < 4.78 is 15.2. The van der Waals surface area contributed by atoms with Gasteiger partial charge in [-0.3, -0.25) is 9.69 Å². The average molecular weight is 447 g/mol. The molecule has 10 heteroatoms. The Hall–Kier alpha value is -2.82. The van der Waals surface area contributed by atoms with Gasteiger partial charge in [0.05, 0.1) is 12.6 Å². The number of carbonyl (C=O) groups excluding carboxylic acids is 1. The van der Waals surface area contributed by atoms with Crippen LogP contribution in [-0.4, -0.2) is 75.4 Å². The molecule has 5 N–H and O–H groups in total. The molecule has 1 aromatic carbocycles. The largest absolute Gasteiger partial charge is 0.389 e. The number of nitrogens with two attached hydrogens (primary N) is 1. The number of aromatic nitrogens is 2. The van der Waals surface area contributed by atoms with Crippen molar-refractivity contribution < 1.29 is 19.4 Å². The molecule has 2 atom stereocenters. The molecular formula is C22H31FN6O3. The highest BCUT2D eigenvalue weighted by Gasteiger charge is 2.41. The first kappa shape index (κ1) is 23.8. The van der Waals surface area contributed by atoms with Gasteiger partial charge in [-0.15, -0.1) is 0 Å². The predicted molar refractivity (Wildman–Crippen MR) is 120 cm³/mol. The number of β-amino-alcohol motifs (C(OH)–C–C–N with tert-alkyl or cyclic N) is 1. The van der Waals surface area contributed by atoms with Gasteiger partial charge in [-0.1, -0.05) is 29.8 Å². The number of aryl methyl sites for hydroxylation is 1. The van der Waals surface area contributed by atoms with Crippen LogP contribution in [0, 0.1) is 12.7 Å². The van der Waals surface area contributed by atoms with E-state index >= 15 is 4.39 Å². The maximum Gasteiger partial charge on any atom is 0.231 e. The van der Waals surface area contributed by atoms with Gasteiger partial charge in [-0.05, 0) is 25.8 Å². The highest BCUT2D eigenvalue weighted by molar-refractivity contribution is 5.75. The predicted octanol–water partition coefficient (Wildman–Crippen LogP) is 0.646. The zero-order valence-electron chi connectivity index (χ0n) is 18.5. The third kappa shape index (κ3) is 5.70. The van der Waals surface area contributed by atoms with E-state index in [2.05, 4.69) is 15.3 Å². The molecule has 32 heavy (non-hydrogen) atoms. The molecule has 0 radical (unpaired) electrons. The summed E-state index contributed by atoms with van der Waals surface area (Å²) in [5.74, 6) is -1.000. The van der Waals surface area contributed by atoms with Crippen LogP contribution in [0.3, 0.4) is 0 Å². The van der Waals surface area contributed by atoms with Gasteiger partial charge < -0.3 is 26.2 Å². The number of anilines is 2. The molecule has 1 aliphatic rings. The molecule has 9 nitrogen and oxygen atoms in total. The fraction of sp³-hybridized carbons (Fsp3) is 0.500.